The second-order valence-electron chi connectivity index (χ2n) is 3.03. The van der Waals surface area contributed by atoms with Crippen LogP contribution in [-0.4, -0.2) is 31.3 Å². The third-order valence-electron chi connectivity index (χ3n) is 1.92. The van der Waals surface area contributed by atoms with Crippen LogP contribution in [0.15, 0.2) is 18.2 Å². The average molecular weight is 210 g/mol. The summed E-state index contributed by atoms with van der Waals surface area (Å²) in [7, 11) is 1.61. The number of carbonyl (C=O) groups is 1. The van der Waals surface area contributed by atoms with Gasteiger partial charge in [-0.05, 0) is 18.2 Å². The number of carboxylic acids is 1. The van der Waals surface area contributed by atoms with Gasteiger partial charge in [-0.3, -0.25) is 0 Å². The number of nitrogen functional groups attached to an aromatic ring is 1. The van der Waals surface area contributed by atoms with Crippen LogP contribution in [0.4, 0.5) is 11.4 Å². The monoisotopic (exact) mass is 210 g/mol. The molecule has 0 radical (unpaired) electrons. The first-order valence-electron chi connectivity index (χ1n) is 4.50. The Bertz CT molecular complexity index is 353. The number of carboxylic acid groups (broad SMARTS) is 1. The highest BCUT2D eigenvalue weighted by Crippen LogP contribution is 2.17. The molecule has 0 saturated carbocycles. The largest absolute Gasteiger partial charge is 0.478 e. The minimum atomic E-state index is -1.02. The van der Waals surface area contributed by atoms with Crippen LogP contribution in [0.25, 0.3) is 0 Å². The molecule has 1 aromatic rings. The molecule has 0 atom stereocenters. The lowest BCUT2D eigenvalue weighted by atomic mass is 10.1. The lowest BCUT2D eigenvalue weighted by Gasteiger charge is -2.07. The van der Waals surface area contributed by atoms with Gasteiger partial charge >= 0.3 is 5.97 Å². The van der Waals surface area contributed by atoms with Gasteiger partial charge in [-0.1, -0.05) is 0 Å². The summed E-state index contributed by atoms with van der Waals surface area (Å²) in [5.74, 6) is -1.02. The SMILES string of the molecule is COCCNc1ccc(C(=O)O)c(N)c1. The van der Waals surface area contributed by atoms with Crippen molar-refractivity contribution in [2.45, 2.75) is 0 Å². The van der Waals surface area contributed by atoms with Gasteiger partial charge in [0.05, 0.1) is 12.2 Å². The molecule has 15 heavy (non-hydrogen) atoms. The van der Waals surface area contributed by atoms with Crippen LogP contribution in [0.1, 0.15) is 10.4 Å². The molecule has 0 saturated heterocycles. The molecule has 5 heteroatoms. The van der Waals surface area contributed by atoms with E-state index in [1.165, 1.54) is 6.07 Å². The van der Waals surface area contributed by atoms with E-state index in [9.17, 15) is 4.79 Å². The number of nitrogens with one attached hydrogen (secondary N) is 1. The van der Waals surface area contributed by atoms with Crippen LogP contribution in [0.3, 0.4) is 0 Å². The Hall–Kier alpha value is -1.75. The fourth-order valence-corrected chi connectivity index (χ4v) is 1.16. The van der Waals surface area contributed by atoms with Crippen molar-refractivity contribution < 1.29 is 14.6 Å². The molecule has 0 unspecified atom stereocenters. The Morgan fingerprint density at radius 3 is 2.87 bits per heavy atom. The Labute approximate surface area is 87.9 Å². The molecule has 82 valence electrons. The summed E-state index contributed by atoms with van der Waals surface area (Å²) in [5, 5.41) is 11.8. The Balaban J connectivity index is 2.69. The second kappa shape index (κ2) is 5.21. The average Bonchev–Trinajstić information content (AvgIpc) is 2.17. The van der Waals surface area contributed by atoms with Crippen molar-refractivity contribution in [1.82, 2.24) is 0 Å². The number of hydrogen-bond donors (Lipinski definition) is 3. The van der Waals surface area contributed by atoms with Crippen LogP contribution in [-0.2, 0) is 4.74 Å². The molecule has 0 aliphatic heterocycles. The molecule has 0 amide bonds. The zero-order valence-electron chi connectivity index (χ0n) is 8.49. The molecule has 5 nitrogen and oxygen atoms in total. The molecule has 1 aromatic carbocycles. The standard InChI is InChI=1S/C10H14N2O3/c1-15-5-4-12-7-2-3-8(10(13)14)9(11)6-7/h2-3,6,12H,4-5,11H2,1H3,(H,13,14). The lowest BCUT2D eigenvalue weighted by Crippen LogP contribution is -2.09. The number of anilines is 2. The molecule has 4 N–H and O–H groups in total. The van der Waals surface area contributed by atoms with Crippen LogP contribution < -0.4 is 11.1 Å². The molecule has 1 rings (SSSR count). The van der Waals surface area contributed by atoms with Gasteiger partial charge in [0, 0.05) is 25.0 Å². The summed E-state index contributed by atoms with van der Waals surface area (Å²) in [5.41, 5.74) is 6.73. The highest BCUT2D eigenvalue weighted by Gasteiger charge is 2.07. The van der Waals surface area contributed by atoms with Crippen molar-refractivity contribution in [1.29, 1.82) is 0 Å². The predicted octanol–water partition coefficient (Wildman–Crippen LogP) is 1.03. The highest BCUT2D eigenvalue weighted by molar-refractivity contribution is 5.94. The van der Waals surface area contributed by atoms with E-state index >= 15 is 0 Å². The van der Waals surface area contributed by atoms with E-state index in [0.29, 0.717) is 13.2 Å². The summed E-state index contributed by atoms with van der Waals surface area (Å²) < 4.78 is 4.87. The molecule has 0 aromatic heterocycles. The van der Waals surface area contributed by atoms with Crippen molar-refractivity contribution >= 4 is 17.3 Å². The number of benzene rings is 1. The number of aromatic carboxylic acids is 1. The van der Waals surface area contributed by atoms with E-state index in [2.05, 4.69) is 5.32 Å². The Kier molecular flexibility index (Phi) is 3.93. The lowest BCUT2D eigenvalue weighted by molar-refractivity contribution is 0.0698. The fourth-order valence-electron chi connectivity index (χ4n) is 1.16. The second-order valence-corrected chi connectivity index (χ2v) is 3.03. The summed E-state index contributed by atoms with van der Waals surface area (Å²) in [4.78, 5) is 10.7. The van der Waals surface area contributed by atoms with Crippen LogP contribution in [0.2, 0.25) is 0 Å². The van der Waals surface area contributed by atoms with Gasteiger partial charge in [-0.25, -0.2) is 4.79 Å². The number of rotatable bonds is 5. The first-order valence-corrected chi connectivity index (χ1v) is 4.50. The van der Waals surface area contributed by atoms with Gasteiger partial charge in [0.1, 0.15) is 0 Å². The topological polar surface area (TPSA) is 84.6 Å². The summed E-state index contributed by atoms with van der Waals surface area (Å²) >= 11 is 0. The van der Waals surface area contributed by atoms with Gasteiger partial charge in [0.15, 0.2) is 0 Å². The molecular formula is C10H14N2O3. The van der Waals surface area contributed by atoms with Gasteiger partial charge in [-0.2, -0.15) is 0 Å². The third kappa shape index (κ3) is 3.14. The summed E-state index contributed by atoms with van der Waals surface area (Å²) in [6.45, 7) is 1.24. The minimum absolute atomic E-state index is 0.118. The minimum Gasteiger partial charge on any atom is -0.478 e. The quantitative estimate of drug-likeness (QED) is 0.499. The van der Waals surface area contributed by atoms with Gasteiger partial charge < -0.3 is 20.9 Å². The highest BCUT2D eigenvalue weighted by atomic mass is 16.5. The molecule has 0 aliphatic rings. The first kappa shape index (κ1) is 11.3. The zero-order chi connectivity index (χ0) is 11.3. The number of hydrogen-bond acceptors (Lipinski definition) is 4. The van der Waals surface area contributed by atoms with E-state index < -0.39 is 5.97 Å². The molecule has 0 bridgehead atoms. The van der Waals surface area contributed by atoms with E-state index in [4.69, 9.17) is 15.6 Å². The van der Waals surface area contributed by atoms with Crippen molar-refractivity contribution in [2.75, 3.05) is 31.3 Å². The number of ether oxygens (including phenoxy) is 1. The Morgan fingerprint density at radius 2 is 2.33 bits per heavy atom. The number of methoxy groups -OCH3 is 1. The normalized spacial score (nSPS) is 9.93. The maximum atomic E-state index is 10.7. The molecule has 0 fully saturated rings. The van der Waals surface area contributed by atoms with Crippen molar-refractivity contribution in [3.8, 4) is 0 Å². The molecule has 0 aliphatic carbocycles. The first-order chi connectivity index (χ1) is 7.15. The summed E-state index contributed by atoms with van der Waals surface area (Å²) in [6, 6.07) is 4.75. The maximum absolute atomic E-state index is 10.7. The van der Waals surface area contributed by atoms with Crippen molar-refractivity contribution in [2.24, 2.45) is 0 Å². The fraction of sp³-hybridized carbons (Fsp3) is 0.300. The Morgan fingerprint density at radius 1 is 1.60 bits per heavy atom. The van der Waals surface area contributed by atoms with Crippen molar-refractivity contribution in [3.05, 3.63) is 23.8 Å². The van der Waals surface area contributed by atoms with E-state index in [0.717, 1.165) is 5.69 Å². The van der Waals surface area contributed by atoms with Crippen LogP contribution >= 0.6 is 0 Å². The third-order valence-corrected chi connectivity index (χ3v) is 1.92. The molecule has 0 heterocycles. The van der Waals surface area contributed by atoms with E-state index in [1.807, 2.05) is 0 Å². The van der Waals surface area contributed by atoms with Gasteiger partial charge in [0.2, 0.25) is 0 Å². The maximum Gasteiger partial charge on any atom is 0.337 e. The van der Waals surface area contributed by atoms with Gasteiger partial charge in [-0.15, -0.1) is 0 Å². The predicted molar refractivity (Wildman–Crippen MR) is 58.2 cm³/mol. The van der Waals surface area contributed by atoms with E-state index in [1.54, 1.807) is 19.2 Å². The van der Waals surface area contributed by atoms with Crippen molar-refractivity contribution in [3.63, 3.8) is 0 Å². The zero-order valence-corrected chi connectivity index (χ0v) is 8.49. The molecular weight excluding hydrogens is 196 g/mol. The van der Waals surface area contributed by atoms with Gasteiger partial charge in [0.25, 0.3) is 0 Å². The van der Waals surface area contributed by atoms with Crippen LogP contribution in [0.5, 0.6) is 0 Å². The summed E-state index contributed by atoms with van der Waals surface area (Å²) in [6.07, 6.45) is 0. The van der Waals surface area contributed by atoms with Crippen LogP contribution in [0, 0.1) is 0 Å². The van der Waals surface area contributed by atoms with E-state index in [-0.39, 0.29) is 11.3 Å². The number of nitrogens with two attached hydrogens (primary N) is 1. The molecule has 0 spiro atoms. The smallest absolute Gasteiger partial charge is 0.337 e.